The Labute approximate surface area is 74.4 Å². The Morgan fingerprint density at radius 1 is 1.62 bits per heavy atom. The van der Waals surface area contributed by atoms with Crippen LogP contribution in [0, 0.1) is 0 Å². The van der Waals surface area contributed by atoms with Crippen LogP contribution >= 0.6 is 0 Å². The quantitative estimate of drug-likeness (QED) is 0.631. The number of carboxylic acids is 1. The van der Waals surface area contributed by atoms with E-state index in [1.807, 2.05) is 0 Å². The van der Waals surface area contributed by atoms with E-state index in [1.54, 1.807) is 0 Å². The van der Waals surface area contributed by atoms with Crippen LogP contribution in [0.5, 0.6) is 0 Å². The maximum Gasteiger partial charge on any atom is 0.508 e. The second-order valence-electron chi connectivity index (χ2n) is 2.61. The minimum Gasteiger partial charge on any atom is -0.479 e. The van der Waals surface area contributed by atoms with Gasteiger partial charge in [-0.1, -0.05) is 0 Å². The molecule has 0 aliphatic carbocycles. The zero-order valence-electron chi connectivity index (χ0n) is 7.06. The summed E-state index contributed by atoms with van der Waals surface area (Å²) >= 11 is 0. The molecule has 1 aliphatic heterocycles. The molecular formula is C7H10O6. The average Bonchev–Trinajstić information content (AvgIpc) is 2.08. The molecule has 0 bridgehead atoms. The highest BCUT2D eigenvalue weighted by molar-refractivity contribution is 5.71. The van der Waals surface area contributed by atoms with Crippen LogP contribution in [0.25, 0.3) is 0 Å². The third-order valence-electron chi connectivity index (χ3n) is 1.52. The minimum absolute atomic E-state index is 0.0381. The molecule has 6 heteroatoms. The van der Waals surface area contributed by atoms with Gasteiger partial charge in [-0.05, 0) is 6.92 Å². The minimum atomic E-state index is -1.06. The van der Waals surface area contributed by atoms with Crippen molar-refractivity contribution in [3.05, 3.63) is 0 Å². The van der Waals surface area contributed by atoms with Gasteiger partial charge >= 0.3 is 12.1 Å². The largest absolute Gasteiger partial charge is 0.508 e. The van der Waals surface area contributed by atoms with Crippen molar-refractivity contribution < 1.29 is 28.9 Å². The second kappa shape index (κ2) is 4.08. The van der Waals surface area contributed by atoms with E-state index >= 15 is 0 Å². The van der Waals surface area contributed by atoms with Crippen LogP contribution in [0.2, 0.25) is 0 Å². The molecule has 13 heavy (non-hydrogen) atoms. The monoisotopic (exact) mass is 190 g/mol. The van der Waals surface area contributed by atoms with Gasteiger partial charge in [0.1, 0.15) is 19.3 Å². The Morgan fingerprint density at radius 3 is 2.62 bits per heavy atom. The predicted molar refractivity (Wildman–Crippen MR) is 39.3 cm³/mol. The van der Waals surface area contributed by atoms with Crippen molar-refractivity contribution in [1.82, 2.24) is 0 Å². The molecular weight excluding hydrogens is 180 g/mol. The van der Waals surface area contributed by atoms with Crippen LogP contribution in [-0.2, 0) is 19.0 Å². The highest BCUT2D eigenvalue weighted by Gasteiger charge is 2.25. The van der Waals surface area contributed by atoms with Crippen molar-refractivity contribution in [1.29, 1.82) is 0 Å². The van der Waals surface area contributed by atoms with Crippen molar-refractivity contribution >= 4 is 12.1 Å². The fourth-order valence-electron chi connectivity index (χ4n) is 0.837. The van der Waals surface area contributed by atoms with E-state index in [9.17, 15) is 9.59 Å². The van der Waals surface area contributed by atoms with Gasteiger partial charge in [-0.2, -0.15) is 0 Å². The fraction of sp³-hybridized carbons (Fsp3) is 0.714. The third kappa shape index (κ3) is 2.90. The first-order chi connectivity index (χ1) is 6.09. The Kier molecular flexibility index (Phi) is 3.07. The van der Waals surface area contributed by atoms with E-state index in [0.29, 0.717) is 0 Å². The molecule has 0 radical (unpaired) electrons. The molecule has 1 rings (SSSR count). The Balaban J connectivity index is 2.30. The van der Waals surface area contributed by atoms with Crippen LogP contribution in [-0.4, -0.2) is 42.7 Å². The Bertz CT molecular complexity index is 203. The fourth-order valence-corrected chi connectivity index (χ4v) is 0.837. The summed E-state index contributed by atoms with van der Waals surface area (Å²) in [4.78, 5) is 20.8. The number of cyclic esters (lactones) is 2. The number of hydrogen-bond donors (Lipinski definition) is 1. The normalized spacial score (nSPS) is 20.2. The van der Waals surface area contributed by atoms with Gasteiger partial charge in [0.25, 0.3) is 0 Å². The van der Waals surface area contributed by atoms with Gasteiger partial charge in [0.2, 0.25) is 0 Å². The van der Waals surface area contributed by atoms with Crippen LogP contribution in [0.4, 0.5) is 4.79 Å². The summed E-state index contributed by atoms with van der Waals surface area (Å²) in [5.74, 6) is -1.06. The standard InChI is InChI=1S/C7H10O6/c1-4(6(8)9)13-5-2-11-7(10)12-3-5/h4-5H,2-3H2,1H3,(H,8,9). The number of carbonyl (C=O) groups excluding carboxylic acids is 1. The van der Waals surface area contributed by atoms with Gasteiger partial charge in [0.15, 0.2) is 6.10 Å². The zero-order valence-corrected chi connectivity index (χ0v) is 7.06. The van der Waals surface area contributed by atoms with E-state index in [2.05, 4.69) is 9.47 Å². The van der Waals surface area contributed by atoms with Crippen molar-refractivity contribution in [2.75, 3.05) is 13.2 Å². The zero-order chi connectivity index (χ0) is 9.84. The first kappa shape index (κ1) is 9.79. The molecule has 74 valence electrons. The van der Waals surface area contributed by atoms with E-state index in [4.69, 9.17) is 9.84 Å². The predicted octanol–water partition coefficient (Wildman–Crippen LogP) is 0.0115. The van der Waals surface area contributed by atoms with E-state index < -0.39 is 24.3 Å². The molecule has 1 aliphatic rings. The smallest absolute Gasteiger partial charge is 0.479 e. The lowest BCUT2D eigenvalue weighted by Crippen LogP contribution is -2.38. The van der Waals surface area contributed by atoms with Crippen LogP contribution in [0.3, 0.4) is 0 Å². The molecule has 1 atom stereocenters. The van der Waals surface area contributed by atoms with Crippen LogP contribution < -0.4 is 0 Å². The molecule has 0 aromatic carbocycles. The summed E-state index contributed by atoms with van der Waals surface area (Å²) in [6.07, 6.45) is -2.17. The van der Waals surface area contributed by atoms with Gasteiger partial charge < -0.3 is 19.3 Å². The summed E-state index contributed by atoms with van der Waals surface area (Å²) in [6.45, 7) is 1.48. The first-order valence-electron chi connectivity index (χ1n) is 3.77. The number of rotatable bonds is 3. The summed E-state index contributed by atoms with van der Waals surface area (Å²) in [7, 11) is 0. The van der Waals surface area contributed by atoms with Crippen molar-refractivity contribution in [2.45, 2.75) is 19.1 Å². The lowest BCUT2D eigenvalue weighted by molar-refractivity contribution is -0.160. The molecule has 1 fully saturated rings. The van der Waals surface area contributed by atoms with Gasteiger partial charge in [-0.25, -0.2) is 9.59 Å². The number of carboxylic acid groups (broad SMARTS) is 1. The molecule has 0 spiro atoms. The maximum absolute atomic E-state index is 10.4. The molecule has 1 unspecified atom stereocenters. The third-order valence-corrected chi connectivity index (χ3v) is 1.52. The topological polar surface area (TPSA) is 82.1 Å². The molecule has 0 aromatic heterocycles. The molecule has 1 saturated heterocycles. The Hall–Kier alpha value is -1.30. The number of hydrogen-bond acceptors (Lipinski definition) is 5. The van der Waals surface area contributed by atoms with Crippen molar-refractivity contribution in [3.8, 4) is 0 Å². The summed E-state index contributed by atoms with van der Waals surface area (Å²) in [5.41, 5.74) is 0. The van der Waals surface area contributed by atoms with E-state index in [1.165, 1.54) is 6.92 Å². The maximum atomic E-state index is 10.4. The number of aliphatic carboxylic acids is 1. The average molecular weight is 190 g/mol. The SMILES string of the molecule is CC(OC1COC(=O)OC1)C(=O)O. The van der Waals surface area contributed by atoms with Crippen LogP contribution in [0.15, 0.2) is 0 Å². The van der Waals surface area contributed by atoms with Gasteiger partial charge in [-0.3, -0.25) is 0 Å². The van der Waals surface area contributed by atoms with E-state index in [0.717, 1.165) is 0 Å². The molecule has 0 amide bonds. The number of ether oxygens (including phenoxy) is 3. The van der Waals surface area contributed by atoms with Gasteiger partial charge in [0, 0.05) is 0 Å². The molecule has 1 heterocycles. The van der Waals surface area contributed by atoms with Gasteiger partial charge in [-0.15, -0.1) is 0 Å². The first-order valence-corrected chi connectivity index (χ1v) is 3.77. The summed E-state index contributed by atoms with van der Waals surface area (Å²) < 4.78 is 14.0. The molecule has 0 aromatic rings. The summed E-state index contributed by atoms with van der Waals surface area (Å²) in [5, 5.41) is 8.49. The lowest BCUT2D eigenvalue weighted by atomic mass is 10.3. The second-order valence-corrected chi connectivity index (χ2v) is 2.61. The molecule has 6 nitrogen and oxygen atoms in total. The highest BCUT2D eigenvalue weighted by Crippen LogP contribution is 2.06. The lowest BCUT2D eigenvalue weighted by Gasteiger charge is -2.23. The van der Waals surface area contributed by atoms with Gasteiger partial charge in [0.05, 0.1) is 0 Å². The molecule has 0 saturated carbocycles. The highest BCUT2D eigenvalue weighted by atomic mass is 16.7. The van der Waals surface area contributed by atoms with E-state index in [-0.39, 0.29) is 13.2 Å². The van der Waals surface area contributed by atoms with Crippen molar-refractivity contribution in [3.63, 3.8) is 0 Å². The number of carbonyl (C=O) groups is 2. The van der Waals surface area contributed by atoms with Crippen molar-refractivity contribution in [2.24, 2.45) is 0 Å². The molecule has 1 N–H and O–H groups in total. The Morgan fingerprint density at radius 2 is 2.15 bits per heavy atom. The van der Waals surface area contributed by atoms with Crippen LogP contribution in [0.1, 0.15) is 6.92 Å². The summed E-state index contributed by atoms with van der Waals surface area (Å²) in [6, 6.07) is 0.